The molecule has 0 aliphatic carbocycles. The van der Waals surface area contributed by atoms with Crippen LogP contribution < -0.4 is 5.32 Å². The monoisotopic (exact) mass is 351 g/mol. The maximum atomic E-state index is 12.3. The molecule has 0 aliphatic heterocycles. The van der Waals surface area contributed by atoms with Crippen molar-refractivity contribution in [1.29, 1.82) is 0 Å². The summed E-state index contributed by atoms with van der Waals surface area (Å²) >= 11 is 3.26. The van der Waals surface area contributed by atoms with Crippen LogP contribution in [0.3, 0.4) is 0 Å². The minimum absolute atomic E-state index is 0.0319. The highest BCUT2D eigenvalue weighted by molar-refractivity contribution is 9.10. The number of carbonyl (C=O) groups is 2. The van der Waals surface area contributed by atoms with E-state index in [1.165, 1.54) is 10.7 Å². The van der Waals surface area contributed by atoms with Gasteiger partial charge >= 0.3 is 5.97 Å². The highest BCUT2D eigenvalue weighted by Gasteiger charge is 2.17. The van der Waals surface area contributed by atoms with Crippen LogP contribution in [0.15, 0.2) is 28.7 Å². The number of halogens is 1. The molecule has 0 radical (unpaired) electrons. The summed E-state index contributed by atoms with van der Waals surface area (Å²) in [6.45, 7) is 1.95. The van der Waals surface area contributed by atoms with Crippen LogP contribution in [-0.2, 0) is 13.5 Å². The van der Waals surface area contributed by atoms with Crippen LogP contribution in [0.25, 0.3) is 0 Å². The minimum Gasteiger partial charge on any atom is -0.478 e. The molecule has 0 bridgehead atoms. The molecule has 21 heavy (non-hydrogen) atoms. The number of carboxylic acid groups (broad SMARTS) is 1. The zero-order chi connectivity index (χ0) is 15.6. The average molecular weight is 352 g/mol. The fourth-order valence-corrected chi connectivity index (χ4v) is 2.27. The normalized spacial score (nSPS) is 10.4. The van der Waals surface area contributed by atoms with Crippen molar-refractivity contribution < 1.29 is 14.7 Å². The second kappa shape index (κ2) is 6.09. The number of anilines is 1. The second-order valence-corrected chi connectivity index (χ2v) is 5.36. The highest BCUT2D eigenvalue weighted by Crippen LogP contribution is 2.22. The second-order valence-electron chi connectivity index (χ2n) is 4.45. The lowest BCUT2D eigenvalue weighted by molar-refractivity contribution is 0.0698. The van der Waals surface area contributed by atoms with E-state index >= 15 is 0 Å². The molecule has 0 saturated carbocycles. The molecule has 1 amide bonds. The number of amides is 1. The summed E-state index contributed by atoms with van der Waals surface area (Å²) in [4.78, 5) is 23.5. The number of aromatic nitrogens is 2. The average Bonchev–Trinajstić information content (AvgIpc) is 2.80. The number of hydrogen-bond acceptors (Lipinski definition) is 3. The molecule has 0 fully saturated rings. The van der Waals surface area contributed by atoms with Crippen LogP contribution in [0.4, 0.5) is 5.69 Å². The van der Waals surface area contributed by atoms with Crippen molar-refractivity contribution in [3.63, 3.8) is 0 Å². The van der Waals surface area contributed by atoms with Gasteiger partial charge in [0.05, 0.1) is 16.9 Å². The molecule has 1 aromatic heterocycles. The summed E-state index contributed by atoms with van der Waals surface area (Å²) in [6, 6.07) is 6.29. The third kappa shape index (κ3) is 3.30. The Bertz CT molecular complexity index is 709. The van der Waals surface area contributed by atoms with Crippen molar-refractivity contribution in [2.45, 2.75) is 13.3 Å². The molecule has 1 aromatic carbocycles. The van der Waals surface area contributed by atoms with Gasteiger partial charge < -0.3 is 10.4 Å². The minimum atomic E-state index is -1.10. The van der Waals surface area contributed by atoms with Crippen LogP contribution in [0.5, 0.6) is 0 Å². The molecule has 1 heterocycles. The molecule has 2 N–H and O–H groups in total. The predicted octanol–water partition coefficient (Wildman–Crippen LogP) is 2.70. The summed E-state index contributed by atoms with van der Waals surface area (Å²) in [6.07, 6.45) is 0.721. The summed E-state index contributed by atoms with van der Waals surface area (Å²) in [5.74, 6) is -1.50. The molecule has 0 spiro atoms. The number of benzene rings is 1. The van der Waals surface area contributed by atoms with E-state index in [0.29, 0.717) is 10.2 Å². The fourth-order valence-electron chi connectivity index (χ4n) is 1.90. The number of aryl methyl sites for hydroxylation is 2. The lowest BCUT2D eigenvalue weighted by Gasteiger charge is -2.09. The van der Waals surface area contributed by atoms with Gasteiger partial charge in [0, 0.05) is 11.5 Å². The Balaban J connectivity index is 2.33. The standard InChI is InChI=1S/C14H14BrN3O3/c1-3-9-7-12(18(2)17-9)13(19)16-11-6-8(15)4-5-10(11)14(20)21/h4-7H,3H2,1-2H3,(H,16,19)(H,20,21). The molecule has 0 aliphatic rings. The van der Waals surface area contributed by atoms with Crippen LogP contribution in [-0.4, -0.2) is 26.8 Å². The van der Waals surface area contributed by atoms with E-state index in [4.69, 9.17) is 5.11 Å². The number of rotatable bonds is 4. The SMILES string of the molecule is CCc1cc(C(=O)Nc2cc(Br)ccc2C(=O)O)n(C)n1. The third-order valence-corrected chi connectivity index (χ3v) is 3.48. The molecule has 110 valence electrons. The van der Waals surface area contributed by atoms with E-state index in [2.05, 4.69) is 26.3 Å². The van der Waals surface area contributed by atoms with E-state index < -0.39 is 11.9 Å². The number of hydrogen-bond donors (Lipinski definition) is 2. The molecule has 0 unspecified atom stereocenters. The van der Waals surface area contributed by atoms with Crippen LogP contribution in [0.1, 0.15) is 33.5 Å². The molecule has 7 heteroatoms. The van der Waals surface area contributed by atoms with Crippen molar-refractivity contribution in [3.05, 3.63) is 45.7 Å². The lowest BCUT2D eigenvalue weighted by Crippen LogP contribution is -2.18. The maximum Gasteiger partial charge on any atom is 0.337 e. The Morgan fingerprint density at radius 1 is 1.38 bits per heavy atom. The summed E-state index contributed by atoms with van der Waals surface area (Å²) in [5, 5.41) is 16.0. The topological polar surface area (TPSA) is 84.2 Å². The predicted molar refractivity (Wildman–Crippen MR) is 81.6 cm³/mol. The summed E-state index contributed by atoms with van der Waals surface area (Å²) in [7, 11) is 1.67. The van der Waals surface area contributed by atoms with Crippen molar-refractivity contribution >= 4 is 33.5 Å². The Morgan fingerprint density at radius 2 is 2.10 bits per heavy atom. The molecular weight excluding hydrogens is 338 g/mol. The van der Waals surface area contributed by atoms with E-state index in [0.717, 1.165) is 12.1 Å². The van der Waals surface area contributed by atoms with Gasteiger partial charge in [0.1, 0.15) is 5.69 Å². The quantitative estimate of drug-likeness (QED) is 0.886. The van der Waals surface area contributed by atoms with Gasteiger partial charge in [-0.15, -0.1) is 0 Å². The number of nitrogens with zero attached hydrogens (tertiary/aromatic N) is 2. The van der Waals surface area contributed by atoms with Gasteiger partial charge in [-0.3, -0.25) is 9.48 Å². The number of nitrogens with one attached hydrogen (secondary N) is 1. The first-order valence-electron chi connectivity index (χ1n) is 6.29. The van der Waals surface area contributed by atoms with Crippen LogP contribution in [0.2, 0.25) is 0 Å². The Kier molecular flexibility index (Phi) is 4.42. The van der Waals surface area contributed by atoms with Crippen molar-refractivity contribution in [3.8, 4) is 0 Å². The highest BCUT2D eigenvalue weighted by atomic mass is 79.9. The lowest BCUT2D eigenvalue weighted by atomic mass is 10.1. The van der Waals surface area contributed by atoms with Gasteiger partial charge in [0.15, 0.2) is 0 Å². The van der Waals surface area contributed by atoms with Crippen molar-refractivity contribution in [2.75, 3.05) is 5.32 Å². The van der Waals surface area contributed by atoms with E-state index in [-0.39, 0.29) is 11.3 Å². The van der Waals surface area contributed by atoms with E-state index in [1.54, 1.807) is 25.2 Å². The zero-order valence-corrected chi connectivity index (χ0v) is 13.1. The first-order valence-corrected chi connectivity index (χ1v) is 7.08. The van der Waals surface area contributed by atoms with E-state index in [1.807, 2.05) is 6.92 Å². The number of carboxylic acids is 1. The Hall–Kier alpha value is -2.15. The molecule has 2 rings (SSSR count). The third-order valence-electron chi connectivity index (χ3n) is 2.99. The van der Waals surface area contributed by atoms with Gasteiger partial charge in [-0.25, -0.2) is 4.79 Å². The summed E-state index contributed by atoms with van der Waals surface area (Å²) < 4.78 is 2.16. The first kappa shape index (κ1) is 15.2. The Morgan fingerprint density at radius 3 is 2.67 bits per heavy atom. The van der Waals surface area contributed by atoms with E-state index in [9.17, 15) is 9.59 Å². The van der Waals surface area contributed by atoms with Gasteiger partial charge in [0.25, 0.3) is 5.91 Å². The molecule has 0 saturated heterocycles. The smallest absolute Gasteiger partial charge is 0.337 e. The zero-order valence-electron chi connectivity index (χ0n) is 11.6. The Labute approximate surface area is 129 Å². The molecular formula is C14H14BrN3O3. The fraction of sp³-hybridized carbons (Fsp3) is 0.214. The van der Waals surface area contributed by atoms with Crippen molar-refractivity contribution in [2.24, 2.45) is 7.05 Å². The summed E-state index contributed by atoms with van der Waals surface area (Å²) in [5.41, 5.74) is 1.45. The van der Waals surface area contributed by atoms with Gasteiger partial charge in [0.2, 0.25) is 0 Å². The van der Waals surface area contributed by atoms with Gasteiger partial charge in [-0.2, -0.15) is 5.10 Å². The molecule has 0 atom stereocenters. The first-order chi connectivity index (χ1) is 9.92. The largest absolute Gasteiger partial charge is 0.478 e. The van der Waals surface area contributed by atoms with Gasteiger partial charge in [-0.05, 0) is 30.7 Å². The molecule has 6 nitrogen and oxygen atoms in total. The molecule has 2 aromatic rings. The van der Waals surface area contributed by atoms with Crippen LogP contribution >= 0.6 is 15.9 Å². The number of aromatic carboxylic acids is 1. The van der Waals surface area contributed by atoms with Crippen molar-refractivity contribution in [1.82, 2.24) is 9.78 Å². The van der Waals surface area contributed by atoms with Crippen LogP contribution in [0, 0.1) is 0 Å². The number of carbonyl (C=O) groups excluding carboxylic acids is 1. The van der Waals surface area contributed by atoms with Gasteiger partial charge in [-0.1, -0.05) is 22.9 Å². The maximum absolute atomic E-state index is 12.3.